The summed E-state index contributed by atoms with van der Waals surface area (Å²) in [6, 6.07) is 81.3. The molecule has 0 radical (unpaired) electrons. The highest BCUT2D eigenvalue weighted by atomic mass is 16.3. The number of hydrogen-bond donors (Lipinski definition) is 0. The topological polar surface area (TPSA) is 27.9 Å². The third-order valence-corrected chi connectivity index (χ3v) is 13.4. The van der Waals surface area contributed by atoms with E-state index < -0.39 is 0 Å². The van der Waals surface area contributed by atoms with Gasteiger partial charge in [0.25, 0.3) is 0 Å². The predicted molar refractivity (Wildman–Crippen MR) is 268 cm³/mol. The molecule has 4 nitrogen and oxygen atoms in total. The lowest BCUT2D eigenvalue weighted by atomic mass is 9.94. The number of rotatable bonds is 5. The van der Waals surface area contributed by atoms with Crippen molar-refractivity contribution < 1.29 is 4.42 Å². The zero-order chi connectivity index (χ0) is 41.9. The van der Waals surface area contributed by atoms with E-state index in [0.717, 1.165) is 55.6 Å². The second-order valence-corrected chi connectivity index (χ2v) is 16.9. The third kappa shape index (κ3) is 4.99. The van der Waals surface area contributed by atoms with Crippen molar-refractivity contribution in [3.63, 3.8) is 0 Å². The van der Waals surface area contributed by atoms with Crippen molar-refractivity contribution in [2.45, 2.75) is 0 Å². The molecule has 0 N–H and O–H groups in total. The molecule has 0 spiro atoms. The molecular weight excluding hydrogens is 779 g/mol. The van der Waals surface area contributed by atoms with E-state index in [4.69, 9.17) is 4.42 Å². The molecule has 0 saturated carbocycles. The van der Waals surface area contributed by atoms with E-state index in [2.05, 4.69) is 238 Å². The molecule has 4 aromatic heterocycles. The summed E-state index contributed by atoms with van der Waals surface area (Å²) < 4.78 is 14.0. The van der Waals surface area contributed by atoms with Crippen LogP contribution in [0.4, 0.5) is 0 Å². The monoisotopic (exact) mass is 815 g/mol. The second-order valence-electron chi connectivity index (χ2n) is 16.9. The summed E-state index contributed by atoms with van der Waals surface area (Å²) in [5, 5.41) is 9.59. The van der Waals surface area contributed by atoms with E-state index in [9.17, 15) is 0 Å². The molecule has 0 aliphatic carbocycles. The number of nitrogens with zero attached hydrogens (tertiary/aromatic N) is 3. The molecule has 0 amide bonds. The summed E-state index contributed by atoms with van der Waals surface area (Å²) >= 11 is 0. The van der Waals surface area contributed by atoms with Gasteiger partial charge < -0.3 is 18.1 Å². The van der Waals surface area contributed by atoms with Crippen LogP contribution >= 0.6 is 0 Å². The Balaban J connectivity index is 0.941. The van der Waals surface area contributed by atoms with Gasteiger partial charge in [-0.25, -0.2) is 0 Å². The van der Waals surface area contributed by atoms with E-state index >= 15 is 0 Å². The van der Waals surface area contributed by atoms with Crippen molar-refractivity contribution in [2.24, 2.45) is 0 Å². The minimum atomic E-state index is 0.870. The van der Waals surface area contributed by atoms with E-state index in [1.54, 1.807) is 0 Å². The number of furan rings is 1. The van der Waals surface area contributed by atoms with Gasteiger partial charge in [-0.2, -0.15) is 0 Å². The minimum Gasteiger partial charge on any atom is -0.456 e. The molecular formula is C60H37N3O. The van der Waals surface area contributed by atoms with Crippen molar-refractivity contribution in [3.05, 3.63) is 224 Å². The van der Waals surface area contributed by atoms with Crippen molar-refractivity contribution in [1.29, 1.82) is 0 Å². The first-order valence-electron chi connectivity index (χ1n) is 21.9. The Bertz CT molecular complexity index is 4140. The Labute approximate surface area is 367 Å². The molecule has 14 rings (SSSR count). The molecule has 0 unspecified atom stereocenters. The van der Waals surface area contributed by atoms with E-state index in [1.807, 2.05) is 0 Å². The van der Waals surface area contributed by atoms with Crippen LogP contribution in [0.3, 0.4) is 0 Å². The van der Waals surface area contributed by atoms with Crippen molar-refractivity contribution in [2.75, 3.05) is 0 Å². The molecule has 64 heavy (non-hydrogen) atoms. The average molecular weight is 816 g/mol. The maximum atomic E-state index is 6.73. The van der Waals surface area contributed by atoms with Crippen LogP contribution in [-0.4, -0.2) is 13.7 Å². The van der Waals surface area contributed by atoms with Crippen LogP contribution in [-0.2, 0) is 0 Å². The standard InChI is InChI=1S/C60H37N3O/c1-2-15-38(16-3-1)42-17-4-5-18-43(42)39-29-32-48-59(35-39)64-58-28-14-27-57(60(48)58)63-54-26-13-9-22-47(54)50-37-41(31-34-56(50)63)62-53-25-12-8-21-46(53)49-36-40(30-33-55(49)62)61-51-23-10-6-19-44(51)45-20-7-11-24-52(45)61/h1-37H. The average Bonchev–Trinajstić information content (AvgIpc) is 4.10. The molecule has 0 saturated heterocycles. The Hall–Kier alpha value is -8.60. The summed E-state index contributed by atoms with van der Waals surface area (Å²) in [4.78, 5) is 0. The molecule has 10 aromatic carbocycles. The van der Waals surface area contributed by atoms with Gasteiger partial charge in [-0.1, -0.05) is 140 Å². The highest BCUT2D eigenvalue weighted by Crippen LogP contribution is 2.43. The van der Waals surface area contributed by atoms with Crippen LogP contribution < -0.4 is 0 Å². The smallest absolute Gasteiger partial charge is 0.137 e. The van der Waals surface area contributed by atoms with Crippen molar-refractivity contribution >= 4 is 87.4 Å². The SMILES string of the molecule is c1ccc(-c2ccccc2-c2ccc3c(c2)oc2cccc(-n4c5ccccc5c5cc(-n6c7ccccc7c7cc(-n8c9ccccc9c9ccccc98)ccc76)ccc54)c23)cc1. The lowest BCUT2D eigenvalue weighted by Gasteiger charge is -2.12. The largest absolute Gasteiger partial charge is 0.456 e. The fraction of sp³-hybridized carbons (Fsp3) is 0. The summed E-state index contributed by atoms with van der Waals surface area (Å²) in [5.41, 5.74) is 16.9. The lowest BCUT2D eigenvalue weighted by Crippen LogP contribution is -1.97. The molecule has 14 aromatic rings. The van der Waals surface area contributed by atoms with Crippen LogP contribution in [0.15, 0.2) is 229 Å². The van der Waals surface area contributed by atoms with Crippen LogP contribution in [0.1, 0.15) is 0 Å². The number of hydrogen-bond acceptors (Lipinski definition) is 1. The normalized spacial score (nSPS) is 12.1. The molecule has 0 fully saturated rings. The maximum absolute atomic E-state index is 6.73. The first kappa shape index (κ1) is 35.0. The Morgan fingerprint density at radius 1 is 0.266 bits per heavy atom. The van der Waals surface area contributed by atoms with Crippen LogP contribution in [0.5, 0.6) is 0 Å². The molecule has 4 heteroatoms. The van der Waals surface area contributed by atoms with Crippen molar-refractivity contribution in [1.82, 2.24) is 13.7 Å². The number of para-hydroxylation sites is 4. The van der Waals surface area contributed by atoms with Gasteiger partial charge in [-0.15, -0.1) is 0 Å². The van der Waals surface area contributed by atoms with Gasteiger partial charge in [0.2, 0.25) is 0 Å². The number of fused-ring (bicyclic) bond motifs is 12. The molecule has 298 valence electrons. The van der Waals surface area contributed by atoms with Gasteiger partial charge in [0.15, 0.2) is 0 Å². The summed E-state index contributed by atoms with van der Waals surface area (Å²) in [6.07, 6.45) is 0. The van der Waals surface area contributed by atoms with E-state index in [-0.39, 0.29) is 0 Å². The quantitative estimate of drug-likeness (QED) is 0.170. The minimum absolute atomic E-state index is 0.870. The van der Waals surface area contributed by atoms with Gasteiger partial charge in [-0.3, -0.25) is 0 Å². The van der Waals surface area contributed by atoms with Gasteiger partial charge >= 0.3 is 0 Å². The highest BCUT2D eigenvalue weighted by molar-refractivity contribution is 6.16. The van der Waals surface area contributed by atoms with E-state index in [0.29, 0.717) is 0 Å². The maximum Gasteiger partial charge on any atom is 0.137 e. The molecule has 0 bridgehead atoms. The molecule has 0 aliphatic rings. The zero-order valence-corrected chi connectivity index (χ0v) is 34.6. The Kier molecular flexibility index (Phi) is 7.36. The molecule has 0 atom stereocenters. The Morgan fingerprint density at radius 2 is 0.734 bits per heavy atom. The van der Waals surface area contributed by atoms with Crippen LogP contribution in [0, 0.1) is 0 Å². The van der Waals surface area contributed by atoms with Gasteiger partial charge in [-0.05, 0) is 107 Å². The molecule has 0 aliphatic heterocycles. The van der Waals surface area contributed by atoms with Gasteiger partial charge in [0, 0.05) is 49.1 Å². The zero-order valence-electron chi connectivity index (χ0n) is 34.6. The third-order valence-electron chi connectivity index (χ3n) is 13.4. The van der Waals surface area contributed by atoms with Crippen molar-refractivity contribution in [3.8, 4) is 39.3 Å². The lowest BCUT2D eigenvalue weighted by molar-refractivity contribution is 0.669. The number of aromatic nitrogens is 3. The number of benzene rings is 10. The van der Waals surface area contributed by atoms with Crippen LogP contribution in [0.25, 0.3) is 127 Å². The predicted octanol–water partition coefficient (Wildman–Crippen LogP) is 16.2. The summed E-state index contributed by atoms with van der Waals surface area (Å²) in [5.74, 6) is 0. The second kappa shape index (κ2) is 13.4. The summed E-state index contributed by atoms with van der Waals surface area (Å²) in [7, 11) is 0. The molecule has 4 heterocycles. The van der Waals surface area contributed by atoms with Gasteiger partial charge in [0.1, 0.15) is 11.2 Å². The first-order valence-corrected chi connectivity index (χ1v) is 21.9. The Morgan fingerprint density at radius 3 is 1.33 bits per heavy atom. The summed E-state index contributed by atoms with van der Waals surface area (Å²) in [6.45, 7) is 0. The van der Waals surface area contributed by atoms with E-state index in [1.165, 1.54) is 71.1 Å². The highest BCUT2D eigenvalue weighted by Gasteiger charge is 2.21. The fourth-order valence-electron chi connectivity index (χ4n) is 10.7. The fourth-order valence-corrected chi connectivity index (χ4v) is 10.7. The first-order chi connectivity index (χ1) is 31.8. The van der Waals surface area contributed by atoms with Crippen LogP contribution in [0.2, 0.25) is 0 Å². The van der Waals surface area contributed by atoms with Gasteiger partial charge in [0.05, 0.1) is 44.2 Å².